The molecule has 0 aliphatic rings. The van der Waals surface area contributed by atoms with Gasteiger partial charge >= 0.3 is 49.2 Å². The summed E-state index contributed by atoms with van der Waals surface area (Å²) in [7, 11) is -2.41. The van der Waals surface area contributed by atoms with Crippen LogP contribution in [-0.2, 0) is 47.1 Å². The largest absolute Gasteiger partial charge is 1.00 e. The molecule has 1 aromatic rings. The molecular formula is C16H18BF6NaO7. The number of alkyl halides is 6. The Bertz CT molecular complexity index is 717. The Hall–Kier alpha value is -1.77. The molecule has 1 aromatic carbocycles. The molecule has 0 unspecified atom stereocenters. The zero-order valence-corrected chi connectivity index (χ0v) is 19.0. The topological polar surface area (TPSA) is 99.1 Å². The summed E-state index contributed by atoms with van der Waals surface area (Å²) in [4.78, 5) is 31.3. The van der Waals surface area contributed by atoms with Crippen LogP contribution in [0.25, 0.3) is 0 Å². The van der Waals surface area contributed by atoms with E-state index in [4.69, 9.17) is 5.11 Å². The Labute approximate surface area is 195 Å². The summed E-state index contributed by atoms with van der Waals surface area (Å²) in [6, 6.07) is 2.20. The molecule has 0 fully saturated rings. The van der Waals surface area contributed by atoms with Crippen LogP contribution in [0.4, 0.5) is 26.3 Å². The smallest absolute Gasteiger partial charge is 0.625 e. The molecule has 0 saturated heterocycles. The second-order valence-electron chi connectivity index (χ2n) is 5.57. The molecular weight excluding hydrogens is 452 g/mol. The molecule has 0 heterocycles. The maximum Gasteiger partial charge on any atom is 1.00 e. The van der Waals surface area contributed by atoms with E-state index >= 15 is 0 Å². The Balaban J connectivity index is 0. The average molecular weight is 470 g/mol. The molecule has 31 heavy (non-hydrogen) atoms. The quantitative estimate of drug-likeness (QED) is 0.465. The van der Waals surface area contributed by atoms with Crippen molar-refractivity contribution in [2.75, 3.05) is 6.61 Å². The van der Waals surface area contributed by atoms with Gasteiger partial charge in [0.25, 0.3) is 17.9 Å². The average Bonchev–Trinajstić information content (AvgIpc) is 2.51. The van der Waals surface area contributed by atoms with Crippen LogP contribution in [0.1, 0.15) is 37.5 Å². The Morgan fingerprint density at radius 1 is 0.871 bits per heavy atom. The van der Waals surface area contributed by atoms with Crippen LogP contribution in [-0.4, -0.2) is 36.9 Å². The number of benzene rings is 1. The van der Waals surface area contributed by atoms with E-state index in [2.05, 4.69) is 14.0 Å². The fourth-order valence-electron chi connectivity index (χ4n) is 2.09. The van der Waals surface area contributed by atoms with E-state index in [9.17, 15) is 40.7 Å². The molecule has 0 amide bonds. The van der Waals surface area contributed by atoms with Crippen LogP contribution >= 0.6 is 0 Å². The molecule has 0 aromatic heterocycles. The molecule has 0 bridgehead atoms. The summed E-state index contributed by atoms with van der Waals surface area (Å²) in [5.41, 5.74) is -4.01. The SMILES string of the molecule is CC(=O)O[BH-](OC(C)=O)OC(C)=O.OCCc1cccc(C(F)(F)F)c1C(F)(F)F.[Na+]. The van der Waals surface area contributed by atoms with E-state index in [-0.39, 0.29) is 29.6 Å². The van der Waals surface area contributed by atoms with Crippen molar-refractivity contribution in [3.8, 4) is 0 Å². The fourth-order valence-corrected chi connectivity index (χ4v) is 2.09. The van der Waals surface area contributed by atoms with Crippen molar-refractivity contribution in [1.29, 1.82) is 0 Å². The minimum Gasteiger partial charge on any atom is -0.625 e. The minimum absolute atomic E-state index is 0. The summed E-state index contributed by atoms with van der Waals surface area (Å²) in [6.45, 7) is 2.71. The zero-order valence-electron chi connectivity index (χ0n) is 17.0. The third-order valence-electron chi connectivity index (χ3n) is 3.08. The van der Waals surface area contributed by atoms with Gasteiger partial charge in [-0.05, 0) is 18.1 Å². The number of aliphatic hydroxyl groups excluding tert-OH is 1. The Kier molecular flexibility index (Phi) is 13.8. The van der Waals surface area contributed by atoms with Gasteiger partial charge in [0.05, 0.1) is 11.1 Å². The van der Waals surface area contributed by atoms with E-state index in [1.807, 2.05) is 0 Å². The normalized spacial score (nSPS) is 10.9. The molecule has 0 atom stereocenters. The molecule has 0 aliphatic heterocycles. The number of halogens is 6. The predicted molar refractivity (Wildman–Crippen MR) is 89.7 cm³/mol. The van der Waals surface area contributed by atoms with Gasteiger partial charge in [-0.25, -0.2) is 0 Å². The first kappa shape index (κ1) is 31.4. The van der Waals surface area contributed by atoms with Crippen LogP contribution < -0.4 is 29.6 Å². The number of aliphatic hydroxyl groups is 1. The molecule has 1 N–H and O–H groups in total. The predicted octanol–water partition coefficient (Wildman–Crippen LogP) is -0.344. The first-order valence-electron chi connectivity index (χ1n) is 8.14. The van der Waals surface area contributed by atoms with Crippen LogP contribution in [0.15, 0.2) is 18.2 Å². The summed E-state index contributed by atoms with van der Waals surface area (Å²) >= 11 is 0. The van der Waals surface area contributed by atoms with Crippen molar-refractivity contribution in [2.45, 2.75) is 39.5 Å². The second-order valence-corrected chi connectivity index (χ2v) is 5.57. The summed E-state index contributed by atoms with van der Waals surface area (Å²) in [5.74, 6) is -2.03. The van der Waals surface area contributed by atoms with E-state index in [1.165, 1.54) is 0 Å². The van der Waals surface area contributed by atoms with Crippen molar-refractivity contribution in [3.63, 3.8) is 0 Å². The van der Waals surface area contributed by atoms with Gasteiger partial charge in [-0.15, -0.1) is 0 Å². The van der Waals surface area contributed by atoms with Crippen molar-refractivity contribution in [2.24, 2.45) is 0 Å². The second kappa shape index (κ2) is 13.6. The standard InChI is InChI=1S/C10H8F6O.C6H10BO6.Na/c11-9(12,13)7-3-1-2-6(4-5-17)8(7)10(14,15)16;1-4(8)11-7(12-5(2)9)13-6(3)10;/h1-3,17H,4-5H2;7H,1-3H3;/q;-1;+1. The van der Waals surface area contributed by atoms with Crippen LogP contribution in [0, 0.1) is 0 Å². The van der Waals surface area contributed by atoms with E-state index in [0.717, 1.165) is 32.9 Å². The van der Waals surface area contributed by atoms with E-state index < -0.39 is 67.3 Å². The van der Waals surface area contributed by atoms with Gasteiger partial charge < -0.3 is 19.1 Å². The van der Waals surface area contributed by atoms with Crippen molar-refractivity contribution >= 4 is 25.2 Å². The number of carbonyl (C=O) groups is 3. The summed E-state index contributed by atoms with van der Waals surface area (Å²) < 4.78 is 88.3. The van der Waals surface area contributed by atoms with Crippen LogP contribution in [0.2, 0.25) is 0 Å². The maximum atomic E-state index is 12.6. The Morgan fingerprint density at radius 3 is 1.58 bits per heavy atom. The van der Waals surface area contributed by atoms with Gasteiger partial charge in [-0.2, -0.15) is 26.3 Å². The van der Waals surface area contributed by atoms with E-state index in [0.29, 0.717) is 6.07 Å². The summed E-state index contributed by atoms with van der Waals surface area (Å²) in [6.07, 6.45) is -10.6. The molecule has 0 aliphatic carbocycles. The number of carbonyl (C=O) groups excluding carboxylic acids is 3. The van der Waals surface area contributed by atoms with Gasteiger partial charge in [0, 0.05) is 27.4 Å². The van der Waals surface area contributed by atoms with Gasteiger partial charge in [-0.1, -0.05) is 12.1 Å². The molecule has 170 valence electrons. The Morgan fingerprint density at radius 2 is 1.29 bits per heavy atom. The first-order chi connectivity index (χ1) is 13.6. The van der Waals surface area contributed by atoms with Gasteiger partial charge in [0.2, 0.25) is 0 Å². The van der Waals surface area contributed by atoms with Gasteiger partial charge in [-0.3, -0.25) is 14.4 Å². The van der Waals surface area contributed by atoms with E-state index in [1.54, 1.807) is 0 Å². The first-order valence-corrected chi connectivity index (χ1v) is 8.14. The minimum atomic E-state index is -5.10. The van der Waals surface area contributed by atoms with Crippen molar-refractivity contribution in [3.05, 3.63) is 34.9 Å². The molecule has 15 heteroatoms. The third-order valence-corrected chi connectivity index (χ3v) is 3.08. The zero-order chi connectivity index (χ0) is 23.7. The fraction of sp³-hybridized carbons (Fsp3) is 0.438. The number of rotatable bonds is 5. The monoisotopic (exact) mass is 470 g/mol. The number of hydrogen-bond acceptors (Lipinski definition) is 7. The molecule has 1 rings (SSSR count). The van der Waals surface area contributed by atoms with Crippen LogP contribution in [0.5, 0.6) is 0 Å². The van der Waals surface area contributed by atoms with Gasteiger partial charge in [0.15, 0.2) is 0 Å². The maximum absolute atomic E-state index is 12.6. The van der Waals surface area contributed by atoms with Crippen molar-refractivity contribution in [1.82, 2.24) is 0 Å². The molecule has 0 saturated carbocycles. The third kappa shape index (κ3) is 12.6. The molecule has 0 spiro atoms. The summed E-state index contributed by atoms with van der Waals surface area (Å²) in [5, 5.41) is 8.55. The molecule has 7 nitrogen and oxygen atoms in total. The van der Waals surface area contributed by atoms with Gasteiger partial charge in [0.1, 0.15) is 0 Å². The van der Waals surface area contributed by atoms with Crippen molar-refractivity contribution < 1.29 is 89.4 Å². The molecule has 0 radical (unpaired) electrons. The van der Waals surface area contributed by atoms with Crippen LogP contribution in [0.3, 0.4) is 0 Å². The number of hydrogen-bond donors (Lipinski definition) is 1.